The van der Waals surface area contributed by atoms with Gasteiger partial charge in [0.15, 0.2) is 0 Å². The molecule has 0 unspecified atom stereocenters. The van der Waals surface area contributed by atoms with Gasteiger partial charge in [-0.1, -0.05) is 41.5 Å². The van der Waals surface area contributed by atoms with E-state index in [1.807, 2.05) is 38.1 Å². The lowest BCUT2D eigenvalue weighted by molar-refractivity contribution is 0.470. The number of hydrogen-bond acceptors (Lipinski definition) is 6. The van der Waals surface area contributed by atoms with Crippen molar-refractivity contribution in [2.75, 3.05) is 0 Å². The van der Waals surface area contributed by atoms with Crippen molar-refractivity contribution in [3.8, 4) is 34.1 Å². The summed E-state index contributed by atoms with van der Waals surface area (Å²) in [6, 6.07) is 22.0. The Morgan fingerprint density at radius 2 is 1.08 bits per heavy atom. The summed E-state index contributed by atoms with van der Waals surface area (Å²) in [7, 11) is -9.64. The summed E-state index contributed by atoms with van der Waals surface area (Å²) in [4.78, 5) is -1.41. The first-order valence-electron chi connectivity index (χ1n) is 10.6. The lowest BCUT2D eigenvalue weighted by Gasteiger charge is -2.16. The minimum absolute atomic E-state index is 0.0543. The summed E-state index contributed by atoms with van der Waals surface area (Å²) in [6.07, 6.45) is 0. The number of hydrogen-bond donors (Lipinski definition) is 2. The van der Waals surface area contributed by atoms with Crippen LogP contribution in [0, 0.1) is 13.8 Å². The van der Waals surface area contributed by atoms with Crippen LogP contribution in [0.5, 0.6) is 23.0 Å². The van der Waals surface area contributed by atoms with Crippen molar-refractivity contribution in [2.24, 2.45) is 0 Å². The van der Waals surface area contributed by atoms with E-state index < -0.39 is 30.0 Å². The first kappa shape index (κ1) is 25.4. The van der Waals surface area contributed by atoms with Crippen LogP contribution in [0.3, 0.4) is 0 Å². The third-order valence-corrected chi connectivity index (χ3v) is 7.02. The maximum atomic E-state index is 12.2. The zero-order valence-corrected chi connectivity index (χ0v) is 20.9. The van der Waals surface area contributed by atoms with E-state index in [1.165, 1.54) is 12.1 Å². The van der Waals surface area contributed by atoms with Crippen LogP contribution in [0.2, 0.25) is 0 Å². The van der Waals surface area contributed by atoms with Gasteiger partial charge < -0.3 is 9.47 Å². The minimum atomic E-state index is -4.91. The molecule has 0 radical (unpaired) electrons. The molecule has 36 heavy (non-hydrogen) atoms. The molecule has 0 amide bonds. The molecule has 4 aromatic carbocycles. The van der Waals surface area contributed by atoms with Gasteiger partial charge in [-0.2, -0.15) is 16.8 Å². The van der Waals surface area contributed by atoms with Crippen LogP contribution in [0.15, 0.2) is 94.7 Å². The Balaban J connectivity index is 1.89. The fourth-order valence-electron chi connectivity index (χ4n) is 3.45. The summed E-state index contributed by atoms with van der Waals surface area (Å²) in [5.74, 6) is 1.57. The van der Waals surface area contributed by atoms with Crippen molar-refractivity contribution < 1.29 is 35.4 Å². The van der Waals surface area contributed by atoms with Gasteiger partial charge in [0, 0.05) is 11.1 Å². The van der Waals surface area contributed by atoms with Crippen LogP contribution in [0.25, 0.3) is 11.1 Å². The summed E-state index contributed by atoms with van der Waals surface area (Å²) in [5, 5.41) is 0. The number of rotatable bonds is 7. The van der Waals surface area contributed by atoms with Gasteiger partial charge in [0.05, 0.1) is 4.90 Å². The predicted octanol–water partition coefficient (Wildman–Crippen LogP) is 6.05. The SMILES string of the molecule is Cc1ccc(Oc2ccc(Oc3ccc(C)cc3)c(-c3ccc(S(=O)(=O)O)cc3S(=O)(=O)O)c2)cc1. The van der Waals surface area contributed by atoms with Crippen molar-refractivity contribution in [2.45, 2.75) is 23.6 Å². The molecule has 0 saturated carbocycles. The van der Waals surface area contributed by atoms with Gasteiger partial charge in [0.2, 0.25) is 0 Å². The smallest absolute Gasteiger partial charge is 0.295 e. The van der Waals surface area contributed by atoms with Gasteiger partial charge in [-0.05, 0) is 68.4 Å². The topological polar surface area (TPSA) is 127 Å². The zero-order valence-electron chi connectivity index (χ0n) is 19.2. The molecular formula is C26H22O8S2. The zero-order chi connectivity index (χ0) is 26.1. The molecule has 0 bridgehead atoms. The number of aryl methyl sites for hydroxylation is 2. The van der Waals surface area contributed by atoms with Crippen LogP contribution in [0.4, 0.5) is 0 Å². The van der Waals surface area contributed by atoms with E-state index >= 15 is 0 Å². The molecule has 0 fully saturated rings. The number of ether oxygens (including phenoxy) is 2. The van der Waals surface area contributed by atoms with E-state index in [2.05, 4.69) is 0 Å². The molecule has 0 aliphatic carbocycles. The Hall–Kier alpha value is -3.70. The van der Waals surface area contributed by atoms with E-state index in [0.29, 0.717) is 23.3 Å². The molecule has 4 rings (SSSR count). The van der Waals surface area contributed by atoms with E-state index in [0.717, 1.165) is 17.2 Å². The average Bonchev–Trinajstić information content (AvgIpc) is 2.81. The molecule has 8 nitrogen and oxygen atoms in total. The fourth-order valence-corrected chi connectivity index (χ4v) is 4.76. The highest BCUT2D eigenvalue weighted by molar-refractivity contribution is 7.86. The molecule has 0 atom stereocenters. The molecule has 0 saturated heterocycles. The van der Waals surface area contributed by atoms with E-state index in [4.69, 9.17) is 9.47 Å². The minimum Gasteiger partial charge on any atom is -0.457 e. The lowest BCUT2D eigenvalue weighted by Crippen LogP contribution is -2.05. The largest absolute Gasteiger partial charge is 0.457 e. The first-order chi connectivity index (χ1) is 16.9. The molecule has 10 heteroatoms. The summed E-state index contributed by atoms with van der Waals surface area (Å²) in [6.45, 7) is 3.85. The molecular weight excluding hydrogens is 504 g/mol. The highest BCUT2D eigenvalue weighted by Crippen LogP contribution is 2.40. The van der Waals surface area contributed by atoms with Gasteiger partial charge in [0.1, 0.15) is 27.9 Å². The predicted molar refractivity (Wildman–Crippen MR) is 134 cm³/mol. The quantitative estimate of drug-likeness (QED) is 0.279. The highest BCUT2D eigenvalue weighted by atomic mass is 32.2. The van der Waals surface area contributed by atoms with Crippen molar-refractivity contribution in [3.63, 3.8) is 0 Å². The van der Waals surface area contributed by atoms with E-state index in [1.54, 1.807) is 36.4 Å². The van der Waals surface area contributed by atoms with Crippen molar-refractivity contribution in [1.29, 1.82) is 0 Å². The Kier molecular flexibility index (Phi) is 6.87. The maximum Gasteiger partial charge on any atom is 0.295 e. The summed E-state index contributed by atoms with van der Waals surface area (Å²) in [5.41, 5.74) is 2.21. The standard InChI is InChI=1S/C26H22O8S2/c1-17-3-7-19(8-4-17)33-21-11-14-25(34-20-9-5-18(2)6-10-20)24(15-21)23-13-12-22(35(27,28)29)16-26(23)36(30,31)32/h3-16H,1-2H3,(H,27,28,29)(H,30,31,32). The van der Waals surface area contributed by atoms with Gasteiger partial charge in [-0.15, -0.1) is 0 Å². The second-order valence-electron chi connectivity index (χ2n) is 8.10. The van der Waals surface area contributed by atoms with Crippen molar-refractivity contribution >= 4 is 20.2 Å². The van der Waals surface area contributed by atoms with Gasteiger partial charge >= 0.3 is 0 Å². The van der Waals surface area contributed by atoms with Gasteiger partial charge in [-0.3, -0.25) is 9.11 Å². The summed E-state index contributed by atoms with van der Waals surface area (Å²) >= 11 is 0. The van der Waals surface area contributed by atoms with E-state index in [-0.39, 0.29) is 16.9 Å². The van der Waals surface area contributed by atoms with Crippen LogP contribution in [-0.2, 0) is 20.2 Å². The molecule has 4 aromatic rings. The maximum absolute atomic E-state index is 12.2. The second-order valence-corrected chi connectivity index (χ2v) is 10.9. The van der Waals surface area contributed by atoms with Crippen molar-refractivity contribution in [3.05, 3.63) is 96.1 Å². The third-order valence-electron chi connectivity index (χ3n) is 5.28. The molecule has 2 N–H and O–H groups in total. The fraction of sp³-hybridized carbons (Fsp3) is 0.0769. The molecule has 0 spiro atoms. The van der Waals surface area contributed by atoms with E-state index in [9.17, 15) is 25.9 Å². The van der Waals surface area contributed by atoms with Gasteiger partial charge in [0.25, 0.3) is 20.2 Å². The molecule has 0 aromatic heterocycles. The normalized spacial score (nSPS) is 11.8. The summed E-state index contributed by atoms with van der Waals surface area (Å²) < 4.78 is 78.9. The Morgan fingerprint density at radius 1 is 0.556 bits per heavy atom. The van der Waals surface area contributed by atoms with Crippen molar-refractivity contribution in [1.82, 2.24) is 0 Å². The molecule has 0 aliphatic heterocycles. The van der Waals surface area contributed by atoms with Crippen LogP contribution >= 0.6 is 0 Å². The molecule has 186 valence electrons. The Morgan fingerprint density at radius 3 is 1.61 bits per heavy atom. The highest BCUT2D eigenvalue weighted by Gasteiger charge is 2.24. The number of benzene rings is 4. The molecule has 0 heterocycles. The second kappa shape index (κ2) is 9.75. The van der Waals surface area contributed by atoms with Crippen LogP contribution in [0.1, 0.15) is 11.1 Å². The Labute approximate surface area is 209 Å². The average molecular weight is 527 g/mol. The first-order valence-corrected chi connectivity index (χ1v) is 13.5. The third kappa shape index (κ3) is 5.92. The monoisotopic (exact) mass is 526 g/mol. The van der Waals surface area contributed by atoms with Crippen LogP contribution in [-0.4, -0.2) is 25.9 Å². The Bertz CT molecular complexity index is 1620. The van der Waals surface area contributed by atoms with Gasteiger partial charge in [-0.25, -0.2) is 0 Å². The molecule has 0 aliphatic rings. The lowest BCUT2D eigenvalue weighted by atomic mass is 10.0. The van der Waals surface area contributed by atoms with Crippen LogP contribution < -0.4 is 9.47 Å².